The Kier molecular flexibility index (Phi) is 6.08. The first-order valence-electron chi connectivity index (χ1n) is 12.1. The quantitative estimate of drug-likeness (QED) is 0.201. The molecule has 0 bridgehead atoms. The van der Waals surface area contributed by atoms with Gasteiger partial charge in [-0.3, -0.25) is 0 Å². The molecule has 0 saturated heterocycles. The highest BCUT2D eigenvalue weighted by atomic mass is 35.5. The van der Waals surface area contributed by atoms with Crippen LogP contribution in [0.2, 0.25) is 10.0 Å². The number of hydrogen-bond donors (Lipinski definition) is 0. The normalized spacial score (nSPS) is 10.7. The Labute approximate surface area is 239 Å². The first-order chi connectivity index (χ1) is 19.4. The molecule has 0 amide bonds. The van der Waals surface area contributed by atoms with Crippen molar-refractivity contribution in [1.29, 1.82) is 21.0 Å². The minimum absolute atomic E-state index is 0.440. The standard InChI is InChI=1S/C34H14Cl2N4/c35-23-5-7-25-29(11-23)33(27-9-19(15-37)1-3-21(27)17-39)13-31-26-8-6-24(36)12-30(26)34(14-32(25)31)28-10-20(16-38)2-4-22(28)18-40/h1-14H. The molecule has 4 nitrogen and oxygen atoms in total. The summed E-state index contributed by atoms with van der Waals surface area (Å²) in [5.74, 6) is 0. The van der Waals surface area contributed by atoms with Gasteiger partial charge in [0, 0.05) is 21.2 Å². The molecule has 0 heterocycles. The molecule has 6 heteroatoms. The average Bonchev–Trinajstić information content (AvgIpc) is 2.99. The van der Waals surface area contributed by atoms with Gasteiger partial charge in [-0.25, -0.2) is 0 Å². The van der Waals surface area contributed by atoms with E-state index in [1.165, 1.54) is 0 Å². The lowest BCUT2D eigenvalue weighted by Crippen LogP contribution is -1.93. The molecule has 0 aromatic heterocycles. The van der Waals surface area contributed by atoms with Gasteiger partial charge in [0.1, 0.15) is 0 Å². The summed E-state index contributed by atoms with van der Waals surface area (Å²) in [6.45, 7) is 0. The summed E-state index contributed by atoms with van der Waals surface area (Å²) >= 11 is 13.0. The van der Waals surface area contributed by atoms with Crippen LogP contribution in [0.1, 0.15) is 22.3 Å². The number of nitriles is 4. The van der Waals surface area contributed by atoms with Crippen LogP contribution in [-0.2, 0) is 0 Å². The van der Waals surface area contributed by atoms with Gasteiger partial charge in [-0.15, -0.1) is 0 Å². The van der Waals surface area contributed by atoms with Gasteiger partial charge in [0.15, 0.2) is 0 Å². The van der Waals surface area contributed by atoms with E-state index >= 15 is 0 Å². The topological polar surface area (TPSA) is 95.2 Å². The van der Waals surface area contributed by atoms with Gasteiger partial charge in [-0.1, -0.05) is 35.3 Å². The molecule has 0 spiro atoms. The van der Waals surface area contributed by atoms with Crippen LogP contribution < -0.4 is 0 Å². The highest BCUT2D eigenvalue weighted by Gasteiger charge is 2.18. The third-order valence-corrected chi connectivity index (χ3v) is 7.58. The largest absolute Gasteiger partial charge is 0.192 e. The van der Waals surface area contributed by atoms with Crippen LogP contribution in [0, 0.1) is 45.3 Å². The van der Waals surface area contributed by atoms with Gasteiger partial charge in [0.2, 0.25) is 0 Å². The van der Waals surface area contributed by atoms with Crippen LogP contribution in [0.15, 0.2) is 84.9 Å². The highest BCUT2D eigenvalue weighted by molar-refractivity contribution is 6.34. The Morgan fingerprint density at radius 2 is 0.800 bits per heavy atom. The summed E-state index contributed by atoms with van der Waals surface area (Å²) in [5.41, 5.74) is 4.57. The van der Waals surface area contributed by atoms with E-state index in [1.807, 2.05) is 48.5 Å². The van der Waals surface area contributed by atoms with Gasteiger partial charge >= 0.3 is 0 Å². The van der Waals surface area contributed by atoms with Crippen molar-refractivity contribution in [1.82, 2.24) is 0 Å². The smallest absolute Gasteiger partial charge is 0.0998 e. The van der Waals surface area contributed by atoms with E-state index in [2.05, 4.69) is 24.3 Å². The summed E-state index contributed by atoms with van der Waals surface area (Å²) in [5, 5.41) is 45.3. The summed E-state index contributed by atoms with van der Waals surface area (Å²) in [6.07, 6.45) is 0. The van der Waals surface area contributed by atoms with E-state index in [4.69, 9.17) is 23.2 Å². The molecule has 0 aliphatic heterocycles. The number of fused-ring (bicyclic) bond motifs is 5. The third kappa shape index (κ3) is 3.98. The molecule has 6 rings (SSSR count). The average molecular weight is 549 g/mol. The second-order valence-corrected chi connectivity index (χ2v) is 10.2. The van der Waals surface area contributed by atoms with E-state index in [1.54, 1.807) is 36.4 Å². The van der Waals surface area contributed by atoms with E-state index in [0.717, 1.165) is 43.4 Å². The van der Waals surface area contributed by atoms with E-state index in [0.29, 0.717) is 43.4 Å². The molecular formula is C34H14Cl2N4. The maximum atomic E-state index is 9.92. The molecule has 0 aliphatic rings. The van der Waals surface area contributed by atoms with Crippen molar-refractivity contribution in [3.8, 4) is 46.5 Å². The van der Waals surface area contributed by atoms with Crippen LogP contribution in [0.3, 0.4) is 0 Å². The minimum Gasteiger partial charge on any atom is -0.192 e. The zero-order valence-corrected chi connectivity index (χ0v) is 22.1. The predicted octanol–water partition coefficient (Wildman–Crippen LogP) is 9.27. The molecular weight excluding hydrogens is 535 g/mol. The SMILES string of the molecule is N#Cc1ccc(C#N)c(-c2cc3c4ccc(Cl)cc4c(-c4cc(C#N)ccc4C#N)cc3c3ccc(Cl)cc23)c1. The fourth-order valence-corrected chi connectivity index (χ4v) is 5.65. The molecule has 0 aliphatic carbocycles. The maximum Gasteiger partial charge on any atom is 0.0998 e. The lowest BCUT2D eigenvalue weighted by atomic mass is 9.85. The third-order valence-electron chi connectivity index (χ3n) is 7.11. The lowest BCUT2D eigenvalue weighted by molar-refractivity contribution is 1.45. The van der Waals surface area contributed by atoms with Crippen LogP contribution in [0.4, 0.5) is 0 Å². The zero-order valence-electron chi connectivity index (χ0n) is 20.6. The second-order valence-electron chi connectivity index (χ2n) is 9.29. The lowest BCUT2D eigenvalue weighted by Gasteiger charge is -2.17. The van der Waals surface area contributed by atoms with Crippen molar-refractivity contribution >= 4 is 55.5 Å². The van der Waals surface area contributed by atoms with E-state index in [-0.39, 0.29) is 0 Å². The van der Waals surface area contributed by atoms with Gasteiger partial charge in [-0.05, 0) is 116 Å². The molecule has 0 saturated carbocycles. The Balaban J connectivity index is 1.84. The fourth-order valence-electron chi connectivity index (χ4n) is 5.31. The summed E-state index contributed by atoms with van der Waals surface area (Å²) in [4.78, 5) is 0. The molecule has 0 unspecified atom stereocenters. The number of halogens is 2. The predicted molar refractivity (Wildman–Crippen MR) is 159 cm³/mol. The number of benzene rings is 6. The summed E-state index contributed by atoms with van der Waals surface area (Å²) in [7, 11) is 0. The van der Waals surface area contributed by atoms with Crippen molar-refractivity contribution in [2.75, 3.05) is 0 Å². The fraction of sp³-hybridized carbons (Fsp3) is 0. The molecule has 0 fully saturated rings. The summed E-state index contributed by atoms with van der Waals surface area (Å²) in [6, 6.07) is 34.1. The van der Waals surface area contributed by atoms with Crippen LogP contribution in [-0.4, -0.2) is 0 Å². The van der Waals surface area contributed by atoms with Gasteiger partial charge in [0.25, 0.3) is 0 Å². The molecule has 0 N–H and O–H groups in total. The molecule has 0 atom stereocenters. The number of rotatable bonds is 2. The monoisotopic (exact) mass is 548 g/mol. The van der Waals surface area contributed by atoms with Crippen LogP contribution in [0.25, 0.3) is 54.6 Å². The first-order valence-corrected chi connectivity index (χ1v) is 12.9. The van der Waals surface area contributed by atoms with Crippen molar-refractivity contribution in [2.24, 2.45) is 0 Å². The van der Waals surface area contributed by atoms with Crippen LogP contribution in [0.5, 0.6) is 0 Å². The summed E-state index contributed by atoms with van der Waals surface area (Å²) < 4.78 is 0. The highest BCUT2D eigenvalue weighted by Crippen LogP contribution is 2.44. The molecule has 6 aromatic rings. The zero-order chi connectivity index (χ0) is 28.0. The first kappa shape index (κ1) is 24.9. The van der Waals surface area contributed by atoms with Crippen molar-refractivity contribution in [3.05, 3.63) is 117 Å². The Hall–Kier alpha value is -5.36. The van der Waals surface area contributed by atoms with E-state index < -0.39 is 0 Å². The maximum absolute atomic E-state index is 9.92. The number of nitrogens with zero attached hydrogens (tertiary/aromatic N) is 4. The van der Waals surface area contributed by atoms with Crippen molar-refractivity contribution in [2.45, 2.75) is 0 Å². The number of hydrogen-bond acceptors (Lipinski definition) is 4. The van der Waals surface area contributed by atoms with Crippen LogP contribution >= 0.6 is 23.2 Å². The molecule has 0 radical (unpaired) electrons. The Bertz CT molecular complexity index is 2080. The van der Waals surface area contributed by atoms with Crippen molar-refractivity contribution < 1.29 is 0 Å². The van der Waals surface area contributed by atoms with Gasteiger partial charge in [-0.2, -0.15) is 21.0 Å². The van der Waals surface area contributed by atoms with Gasteiger partial charge < -0.3 is 0 Å². The molecule has 184 valence electrons. The second kappa shape index (κ2) is 9.75. The molecule has 40 heavy (non-hydrogen) atoms. The van der Waals surface area contributed by atoms with Crippen molar-refractivity contribution in [3.63, 3.8) is 0 Å². The Morgan fingerprint density at radius 1 is 0.375 bits per heavy atom. The molecule has 6 aromatic carbocycles. The van der Waals surface area contributed by atoms with Gasteiger partial charge in [0.05, 0.1) is 46.5 Å². The minimum atomic E-state index is 0.440. The van der Waals surface area contributed by atoms with E-state index in [9.17, 15) is 21.0 Å². The Morgan fingerprint density at radius 3 is 1.18 bits per heavy atom.